The topological polar surface area (TPSA) is 113 Å². The molecule has 0 saturated carbocycles. The lowest BCUT2D eigenvalue weighted by Gasteiger charge is -2.38. The van der Waals surface area contributed by atoms with Gasteiger partial charge in [-0.3, -0.25) is 28.4 Å². The number of imidazole rings is 1. The van der Waals surface area contributed by atoms with Crippen LogP contribution in [0.15, 0.2) is 58.1 Å². The Bertz CT molecular complexity index is 1630. The summed E-state index contributed by atoms with van der Waals surface area (Å²) in [5.74, 6) is -0.238. The third-order valence-corrected chi connectivity index (χ3v) is 7.00. The summed E-state index contributed by atoms with van der Waals surface area (Å²) in [6.07, 6.45) is 0.725. The number of aromatic amines is 1. The van der Waals surface area contributed by atoms with Gasteiger partial charge in [0.1, 0.15) is 0 Å². The summed E-state index contributed by atoms with van der Waals surface area (Å²) in [6, 6.07) is 14.4. The maximum atomic E-state index is 13.1. The summed E-state index contributed by atoms with van der Waals surface area (Å²) in [7, 11) is 2.99. The standard InChI is InChI=1S/C25H22N6O4/c1-28-20-19(23(34)29(2)25(28)35)26-24(27-20)30-12-11-14-7-3-4-8-15(14)18(30)13-31-21(32)16-9-5-6-10-17(16)22(31)33/h3-10,18H,11-13H2,1-2H3,(H,26,27). The first-order valence-electron chi connectivity index (χ1n) is 11.3. The van der Waals surface area contributed by atoms with E-state index in [0.717, 1.165) is 22.1 Å². The van der Waals surface area contributed by atoms with Gasteiger partial charge in [0.15, 0.2) is 11.2 Å². The Morgan fingerprint density at radius 2 is 1.57 bits per heavy atom. The maximum absolute atomic E-state index is 13.1. The molecule has 0 spiro atoms. The molecule has 2 amide bonds. The van der Waals surface area contributed by atoms with Crippen molar-refractivity contribution in [2.45, 2.75) is 12.5 Å². The third-order valence-electron chi connectivity index (χ3n) is 7.00. The van der Waals surface area contributed by atoms with E-state index in [4.69, 9.17) is 0 Å². The summed E-state index contributed by atoms with van der Waals surface area (Å²) in [5.41, 5.74) is 2.46. The fourth-order valence-electron chi connectivity index (χ4n) is 5.13. The summed E-state index contributed by atoms with van der Waals surface area (Å²) in [5, 5.41) is 0. The van der Waals surface area contributed by atoms with Crippen molar-refractivity contribution >= 4 is 28.9 Å². The van der Waals surface area contributed by atoms with E-state index in [1.54, 1.807) is 31.3 Å². The van der Waals surface area contributed by atoms with Crippen molar-refractivity contribution in [2.24, 2.45) is 14.1 Å². The molecule has 6 rings (SSSR count). The van der Waals surface area contributed by atoms with E-state index in [1.165, 1.54) is 16.5 Å². The molecule has 0 bridgehead atoms. The number of aromatic nitrogens is 4. The Balaban J connectivity index is 1.46. The molecular weight excluding hydrogens is 448 g/mol. The quantitative estimate of drug-likeness (QED) is 0.453. The van der Waals surface area contributed by atoms with Gasteiger partial charge in [0.25, 0.3) is 17.4 Å². The highest BCUT2D eigenvalue weighted by Gasteiger charge is 2.40. The molecule has 2 aromatic heterocycles. The van der Waals surface area contributed by atoms with E-state index < -0.39 is 11.2 Å². The molecule has 1 unspecified atom stereocenters. The number of aryl methyl sites for hydroxylation is 1. The van der Waals surface area contributed by atoms with E-state index >= 15 is 0 Å². The fourth-order valence-corrected chi connectivity index (χ4v) is 5.13. The van der Waals surface area contributed by atoms with Gasteiger partial charge in [-0.2, -0.15) is 4.98 Å². The van der Waals surface area contributed by atoms with Crippen molar-refractivity contribution in [3.8, 4) is 0 Å². The minimum atomic E-state index is -0.466. The predicted molar refractivity (Wildman–Crippen MR) is 129 cm³/mol. The molecule has 0 fully saturated rings. The number of fused-ring (bicyclic) bond motifs is 3. The largest absolute Gasteiger partial charge is 0.333 e. The lowest BCUT2D eigenvalue weighted by atomic mass is 9.92. The third kappa shape index (κ3) is 2.99. The molecule has 2 aromatic carbocycles. The highest BCUT2D eigenvalue weighted by atomic mass is 16.2. The number of H-pyrrole nitrogens is 1. The Morgan fingerprint density at radius 3 is 2.29 bits per heavy atom. The van der Waals surface area contributed by atoms with Gasteiger partial charge in [-0.05, 0) is 29.7 Å². The summed E-state index contributed by atoms with van der Waals surface area (Å²) < 4.78 is 2.36. The van der Waals surface area contributed by atoms with E-state index in [-0.39, 0.29) is 35.6 Å². The first kappa shape index (κ1) is 21.1. The SMILES string of the molecule is Cn1c(=O)c2[nH]c(N3CCc4ccccc4C3CN3C(=O)c4ccccc4C3=O)nc2n(C)c1=O. The fraction of sp³-hybridized carbons (Fsp3) is 0.240. The van der Waals surface area contributed by atoms with Crippen LogP contribution in [0.5, 0.6) is 0 Å². The van der Waals surface area contributed by atoms with E-state index in [1.807, 2.05) is 29.2 Å². The molecule has 4 aromatic rings. The molecule has 0 saturated heterocycles. The predicted octanol–water partition coefficient (Wildman–Crippen LogP) is 1.36. The number of nitrogens with one attached hydrogen (secondary N) is 1. The molecule has 0 aliphatic carbocycles. The van der Waals surface area contributed by atoms with Crippen LogP contribution in [0.4, 0.5) is 5.95 Å². The second-order valence-electron chi connectivity index (χ2n) is 8.89. The maximum Gasteiger partial charge on any atom is 0.332 e. The van der Waals surface area contributed by atoms with Gasteiger partial charge >= 0.3 is 5.69 Å². The first-order valence-corrected chi connectivity index (χ1v) is 11.3. The van der Waals surface area contributed by atoms with Crippen LogP contribution in [0.3, 0.4) is 0 Å². The van der Waals surface area contributed by atoms with Crippen molar-refractivity contribution in [2.75, 3.05) is 18.0 Å². The minimum Gasteiger partial charge on any atom is -0.333 e. The number of hydrogen-bond acceptors (Lipinski definition) is 6. The number of carbonyl (C=O) groups excluding carboxylic acids is 2. The van der Waals surface area contributed by atoms with Crippen LogP contribution in [-0.2, 0) is 20.5 Å². The molecule has 10 heteroatoms. The number of anilines is 1. The zero-order valence-corrected chi connectivity index (χ0v) is 19.2. The first-order chi connectivity index (χ1) is 16.9. The van der Waals surface area contributed by atoms with Crippen molar-refractivity contribution in [1.29, 1.82) is 0 Å². The molecule has 10 nitrogen and oxygen atoms in total. The van der Waals surface area contributed by atoms with Crippen molar-refractivity contribution in [1.82, 2.24) is 24.0 Å². The second-order valence-corrected chi connectivity index (χ2v) is 8.89. The van der Waals surface area contributed by atoms with Gasteiger partial charge < -0.3 is 9.88 Å². The Hall–Kier alpha value is -4.47. The Morgan fingerprint density at radius 1 is 0.914 bits per heavy atom. The van der Waals surface area contributed by atoms with E-state index in [0.29, 0.717) is 23.6 Å². The summed E-state index contributed by atoms with van der Waals surface area (Å²) >= 11 is 0. The van der Waals surface area contributed by atoms with E-state index in [2.05, 4.69) is 9.97 Å². The highest BCUT2D eigenvalue weighted by molar-refractivity contribution is 6.21. The Labute approximate surface area is 199 Å². The molecular formula is C25H22N6O4. The number of rotatable bonds is 3. The molecule has 1 N–H and O–H groups in total. The zero-order chi connectivity index (χ0) is 24.4. The van der Waals surface area contributed by atoms with Crippen molar-refractivity contribution in [3.63, 3.8) is 0 Å². The molecule has 2 aliphatic rings. The number of carbonyl (C=O) groups is 2. The smallest absolute Gasteiger partial charge is 0.332 e. The summed E-state index contributed by atoms with van der Waals surface area (Å²) in [4.78, 5) is 62.3. The molecule has 0 radical (unpaired) electrons. The number of amides is 2. The van der Waals surface area contributed by atoms with Gasteiger partial charge in [0, 0.05) is 20.6 Å². The molecule has 1 atom stereocenters. The molecule has 176 valence electrons. The van der Waals surface area contributed by atoms with Crippen LogP contribution in [0.25, 0.3) is 11.2 Å². The number of nitrogens with zero attached hydrogens (tertiary/aromatic N) is 5. The number of hydrogen-bond donors (Lipinski definition) is 1. The van der Waals surface area contributed by atoms with Crippen LogP contribution < -0.4 is 16.1 Å². The second kappa shape index (κ2) is 7.52. The van der Waals surface area contributed by atoms with Gasteiger partial charge in [0.2, 0.25) is 5.95 Å². The van der Waals surface area contributed by atoms with Crippen LogP contribution in [0.1, 0.15) is 37.9 Å². The normalized spacial score (nSPS) is 17.3. The number of imide groups is 1. The monoisotopic (exact) mass is 470 g/mol. The minimum absolute atomic E-state index is 0.122. The summed E-state index contributed by atoms with van der Waals surface area (Å²) in [6.45, 7) is 0.677. The lowest BCUT2D eigenvalue weighted by molar-refractivity contribution is 0.0642. The van der Waals surface area contributed by atoms with Gasteiger partial charge in [-0.15, -0.1) is 0 Å². The lowest BCUT2D eigenvalue weighted by Crippen LogP contribution is -2.44. The van der Waals surface area contributed by atoms with Crippen LogP contribution in [-0.4, -0.2) is 48.9 Å². The van der Waals surface area contributed by atoms with Gasteiger partial charge in [-0.1, -0.05) is 36.4 Å². The Kier molecular flexibility index (Phi) is 4.53. The van der Waals surface area contributed by atoms with Crippen LogP contribution >= 0.6 is 0 Å². The van der Waals surface area contributed by atoms with Crippen LogP contribution in [0, 0.1) is 0 Å². The number of benzene rings is 2. The van der Waals surface area contributed by atoms with Crippen molar-refractivity contribution in [3.05, 3.63) is 91.6 Å². The van der Waals surface area contributed by atoms with Crippen molar-refractivity contribution < 1.29 is 9.59 Å². The van der Waals surface area contributed by atoms with E-state index in [9.17, 15) is 19.2 Å². The molecule has 4 heterocycles. The average molecular weight is 470 g/mol. The zero-order valence-electron chi connectivity index (χ0n) is 19.2. The molecule has 2 aliphatic heterocycles. The highest BCUT2D eigenvalue weighted by Crippen LogP contribution is 2.35. The average Bonchev–Trinajstić information content (AvgIpc) is 3.43. The van der Waals surface area contributed by atoms with Gasteiger partial charge in [0.05, 0.1) is 23.7 Å². The molecule has 35 heavy (non-hydrogen) atoms. The van der Waals surface area contributed by atoms with Crippen LogP contribution in [0.2, 0.25) is 0 Å². The van der Waals surface area contributed by atoms with Gasteiger partial charge in [-0.25, -0.2) is 4.79 Å².